The van der Waals surface area contributed by atoms with E-state index in [-0.39, 0.29) is 11.3 Å². The van der Waals surface area contributed by atoms with Crippen LogP contribution in [0.5, 0.6) is 0 Å². The fourth-order valence-corrected chi connectivity index (χ4v) is 2.29. The third-order valence-corrected chi connectivity index (χ3v) is 4.18. The Morgan fingerprint density at radius 1 is 1.46 bits per heavy atom. The second-order valence-corrected chi connectivity index (χ2v) is 5.71. The summed E-state index contributed by atoms with van der Waals surface area (Å²) < 4.78 is 24.8. The lowest BCUT2D eigenvalue weighted by atomic mass is 10.2. The van der Waals surface area contributed by atoms with Crippen LogP contribution < -0.4 is 0 Å². The molecule has 0 bridgehead atoms. The van der Waals surface area contributed by atoms with Crippen LogP contribution in [0.25, 0.3) is 0 Å². The summed E-state index contributed by atoms with van der Waals surface area (Å²) in [6.07, 6.45) is 7.79. The molecular formula is C9H14NO2S. The van der Waals surface area contributed by atoms with Crippen molar-refractivity contribution in [2.24, 2.45) is 0 Å². The lowest BCUT2D eigenvalue weighted by Crippen LogP contribution is -2.38. The van der Waals surface area contributed by atoms with E-state index in [1.807, 2.05) is 6.92 Å². The minimum Gasteiger partial charge on any atom is -0.270 e. The van der Waals surface area contributed by atoms with Crippen molar-refractivity contribution in [2.45, 2.75) is 32.1 Å². The maximum atomic E-state index is 11.7. The van der Waals surface area contributed by atoms with Crippen LogP contribution in [0.4, 0.5) is 0 Å². The van der Waals surface area contributed by atoms with Crippen molar-refractivity contribution in [3.05, 3.63) is 24.4 Å². The first-order valence-electron chi connectivity index (χ1n) is 4.24. The van der Waals surface area contributed by atoms with Crippen LogP contribution in [-0.4, -0.2) is 24.0 Å². The summed E-state index contributed by atoms with van der Waals surface area (Å²) in [5.74, 6) is 0. The van der Waals surface area contributed by atoms with E-state index >= 15 is 0 Å². The molecule has 0 aromatic rings. The van der Waals surface area contributed by atoms with Crippen molar-refractivity contribution in [1.82, 2.24) is 4.31 Å². The number of allylic oxidation sites excluding steroid dienone is 2. The van der Waals surface area contributed by atoms with E-state index < -0.39 is 10.0 Å². The lowest BCUT2D eigenvalue weighted by Gasteiger charge is -2.28. The monoisotopic (exact) mass is 200 g/mol. The fraction of sp³-hybridized carbons (Fsp3) is 0.556. The molecule has 4 heteroatoms. The van der Waals surface area contributed by atoms with Crippen molar-refractivity contribution in [2.75, 3.05) is 0 Å². The topological polar surface area (TPSA) is 37.4 Å². The molecule has 1 unspecified atom stereocenters. The van der Waals surface area contributed by atoms with Gasteiger partial charge in [0.25, 0.3) is 0 Å². The first-order chi connectivity index (χ1) is 5.96. The van der Waals surface area contributed by atoms with Gasteiger partial charge in [0.15, 0.2) is 0 Å². The van der Waals surface area contributed by atoms with Gasteiger partial charge in [-0.1, -0.05) is 12.2 Å². The van der Waals surface area contributed by atoms with Gasteiger partial charge in [0, 0.05) is 6.20 Å². The van der Waals surface area contributed by atoms with Crippen LogP contribution in [0.1, 0.15) is 20.8 Å². The van der Waals surface area contributed by atoms with E-state index in [0.29, 0.717) is 0 Å². The highest BCUT2D eigenvalue weighted by molar-refractivity contribution is 7.89. The van der Waals surface area contributed by atoms with Crippen molar-refractivity contribution in [1.29, 1.82) is 0 Å². The molecular weight excluding hydrogens is 186 g/mol. The molecule has 0 saturated heterocycles. The molecule has 1 rings (SSSR count). The Balaban J connectivity index is 2.96. The molecule has 3 nitrogen and oxygen atoms in total. The molecule has 0 spiro atoms. The third kappa shape index (κ3) is 1.94. The lowest BCUT2D eigenvalue weighted by molar-refractivity contribution is 0.456. The van der Waals surface area contributed by atoms with Gasteiger partial charge in [-0.15, -0.1) is 0 Å². The summed E-state index contributed by atoms with van der Waals surface area (Å²) in [5.41, 5.74) is 0. The van der Waals surface area contributed by atoms with Gasteiger partial charge in [-0.3, -0.25) is 4.31 Å². The Kier molecular flexibility index (Phi) is 2.81. The Morgan fingerprint density at radius 2 is 2.08 bits per heavy atom. The summed E-state index contributed by atoms with van der Waals surface area (Å²) in [6, 6.07) is -0.103. The number of nitrogens with zero attached hydrogens (tertiary/aromatic N) is 1. The van der Waals surface area contributed by atoms with Crippen LogP contribution in [0, 0.1) is 6.08 Å². The van der Waals surface area contributed by atoms with Gasteiger partial charge in [-0.25, -0.2) is 8.42 Å². The molecule has 1 aliphatic rings. The predicted octanol–water partition coefficient (Wildman–Crippen LogP) is 1.30. The van der Waals surface area contributed by atoms with Gasteiger partial charge >= 0.3 is 0 Å². The van der Waals surface area contributed by atoms with Crippen LogP contribution in [0.2, 0.25) is 0 Å². The van der Waals surface area contributed by atoms with Gasteiger partial charge in [-0.2, -0.15) is 0 Å². The SMILES string of the molecule is CC1C=C[C]=CN1S(=O)(=O)C(C)C. The van der Waals surface area contributed by atoms with Crippen molar-refractivity contribution < 1.29 is 8.42 Å². The normalized spacial score (nSPS) is 22.8. The smallest absolute Gasteiger partial charge is 0.237 e. The third-order valence-electron chi connectivity index (χ3n) is 1.96. The maximum absolute atomic E-state index is 11.7. The minimum atomic E-state index is -3.19. The first-order valence-corrected chi connectivity index (χ1v) is 5.75. The fourth-order valence-electron chi connectivity index (χ4n) is 1.06. The van der Waals surface area contributed by atoms with E-state index in [0.717, 1.165) is 0 Å². The average Bonchev–Trinajstić information content (AvgIpc) is 2.04. The maximum Gasteiger partial charge on any atom is 0.237 e. The molecule has 0 fully saturated rings. The van der Waals surface area contributed by atoms with Crippen LogP contribution >= 0.6 is 0 Å². The molecule has 0 aromatic heterocycles. The van der Waals surface area contributed by atoms with E-state index in [1.165, 1.54) is 10.5 Å². The minimum absolute atomic E-state index is 0.103. The highest BCUT2D eigenvalue weighted by atomic mass is 32.2. The highest BCUT2D eigenvalue weighted by Crippen LogP contribution is 2.16. The van der Waals surface area contributed by atoms with Crippen LogP contribution in [-0.2, 0) is 10.0 Å². The van der Waals surface area contributed by atoms with E-state index in [4.69, 9.17) is 0 Å². The Labute approximate surface area is 79.8 Å². The first kappa shape index (κ1) is 10.3. The van der Waals surface area contributed by atoms with Gasteiger partial charge in [0.1, 0.15) is 0 Å². The standard InChI is InChI=1S/C9H14NO2S/c1-8(2)13(11,12)10-7-5-4-6-9(10)3/h4,6-9H,1-3H3. The van der Waals surface area contributed by atoms with Gasteiger partial charge < -0.3 is 0 Å². The number of hydrogen-bond acceptors (Lipinski definition) is 2. The molecule has 0 amide bonds. The zero-order valence-electron chi connectivity index (χ0n) is 8.06. The summed E-state index contributed by atoms with van der Waals surface area (Å²) in [6.45, 7) is 5.19. The van der Waals surface area contributed by atoms with Gasteiger partial charge in [0.05, 0.1) is 11.3 Å². The molecule has 0 aromatic carbocycles. The highest BCUT2D eigenvalue weighted by Gasteiger charge is 2.26. The molecule has 1 heterocycles. The molecule has 13 heavy (non-hydrogen) atoms. The van der Waals surface area contributed by atoms with Crippen molar-refractivity contribution in [3.8, 4) is 0 Å². The number of hydrogen-bond donors (Lipinski definition) is 0. The van der Waals surface area contributed by atoms with Crippen LogP contribution in [0.15, 0.2) is 18.4 Å². The summed E-state index contributed by atoms with van der Waals surface area (Å²) >= 11 is 0. The van der Waals surface area contributed by atoms with Crippen molar-refractivity contribution in [3.63, 3.8) is 0 Å². The van der Waals surface area contributed by atoms with E-state index in [2.05, 4.69) is 6.08 Å². The predicted molar refractivity (Wildman–Crippen MR) is 52.3 cm³/mol. The molecule has 1 aliphatic heterocycles. The zero-order valence-corrected chi connectivity index (χ0v) is 8.88. The molecule has 73 valence electrons. The van der Waals surface area contributed by atoms with E-state index in [9.17, 15) is 8.42 Å². The number of sulfonamides is 1. The molecule has 0 aliphatic carbocycles. The van der Waals surface area contributed by atoms with Crippen molar-refractivity contribution >= 4 is 10.0 Å². The Morgan fingerprint density at radius 3 is 2.54 bits per heavy atom. The second-order valence-electron chi connectivity index (χ2n) is 3.32. The van der Waals surface area contributed by atoms with Gasteiger partial charge in [-0.05, 0) is 26.8 Å². The summed E-state index contributed by atoms with van der Waals surface area (Å²) in [7, 11) is -3.19. The number of rotatable bonds is 2. The molecule has 1 atom stereocenters. The zero-order chi connectivity index (χ0) is 10.1. The largest absolute Gasteiger partial charge is 0.270 e. The molecule has 0 N–H and O–H groups in total. The second kappa shape index (κ2) is 3.54. The van der Waals surface area contributed by atoms with Gasteiger partial charge in [0.2, 0.25) is 10.0 Å². The summed E-state index contributed by atoms with van der Waals surface area (Å²) in [5, 5.41) is -0.389. The Bertz CT molecular complexity index is 328. The molecule has 1 radical (unpaired) electrons. The summed E-state index contributed by atoms with van der Waals surface area (Å²) in [4.78, 5) is 0. The average molecular weight is 200 g/mol. The van der Waals surface area contributed by atoms with Crippen LogP contribution in [0.3, 0.4) is 0 Å². The quantitative estimate of drug-likeness (QED) is 0.674. The molecule has 0 saturated carbocycles. The Hall–Kier alpha value is -0.770. The van der Waals surface area contributed by atoms with E-state index in [1.54, 1.807) is 26.0 Å².